The third kappa shape index (κ3) is 3.20. The minimum Gasteiger partial charge on any atom is -0.338 e. The van der Waals surface area contributed by atoms with Gasteiger partial charge in [0.05, 0.1) is 0 Å². The molecule has 1 atom stereocenters. The summed E-state index contributed by atoms with van der Waals surface area (Å²) in [6, 6.07) is 6.74. The summed E-state index contributed by atoms with van der Waals surface area (Å²) in [5.74, 6) is -0.372. The summed E-state index contributed by atoms with van der Waals surface area (Å²) < 4.78 is 13.6. The summed E-state index contributed by atoms with van der Waals surface area (Å²) in [5, 5.41) is 3.23. The van der Waals surface area contributed by atoms with Gasteiger partial charge in [-0.3, -0.25) is 4.79 Å². The van der Waals surface area contributed by atoms with E-state index in [9.17, 15) is 9.18 Å². The van der Waals surface area contributed by atoms with Crippen LogP contribution in [0.1, 0.15) is 18.9 Å². The zero-order chi connectivity index (χ0) is 13.8. The number of benzene rings is 1. The van der Waals surface area contributed by atoms with Crippen LogP contribution in [-0.4, -0.2) is 37.0 Å². The summed E-state index contributed by atoms with van der Waals surface area (Å²) >= 11 is 0. The average molecular weight is 262 g/mol. The first-order valence-corrected chi connectivity index (χ1v) is 6.50. The fraction of sp³-hybridized carbons (Fsp3) is 0.400. The Morgan fingerprint density at radius 2 is 2.21 bits per heavy atom. The second kappa shape index (κ2) is 5.97. The molecule has 1 heterocycles. The average Bonchev–Trinajstić information content (AvgIpc) is 2.92. The Hall–Kier alpha value is -1.68. The number of nitrogens with one attached hydrogen (secondary N) is 1. The quantitative estimate of drug-likeness (QED) is 0.846. The zero-order valence-electron chi connectivity index (χ0n) is 11.3. The molecule has 1 aliphatic heterocycles. The summed E-state index contributed by atoms with van der Waals surface area (Å²) in [7, 11) is 1.80. The highest BCUT2D eigenvalue weighted by atomic mass is 19.1. The lowest BCUT2D eigenvalue weighted by atomic mass is 10.1. The van der Waals surface area contributed by atoms with Crippen molar-refractivity contribution in [2.45, 2.75) is 19.4 Å². The van der Waals surface area contributed by atoms with E-state index >= 15 is 0 Å². The van der Waals surface area contributed by atoms with E-state index in [1.807, 2.05) is 0 Å². The van der Waals surface area contributed by atoms with Crippen molar-refractivity contribution in [1.82, 2.24) is 10.2 Å². The molecule has 1 saturated heterocycles. The molecule has 0 bridgehead atoms. The molecule has 0 aliphatic carbocycles. The van der Waals surface area contributed by atoms with Gasteiger partial charge in [0, 0.05) is 31.3 Å². The zero-order valence-corrected chi connectivity index (χ0v) is 11.3. The monoisotopic (exact) mass is 262 g/mol. The van der Waals surface area contributed by atoms with Crippen LogP contribution in [-0.2, 0) is 4.79 Å². The molecule has 102 valence electrons. The molecular formula is C15H19FN2O. The van der Waals surface area contributed by atoms with E-state index in [0.29, 0.717) is 11.1 Å². The molecule has 19 heavy (non-hydrogen) atoms. The van der Waals surface area contributed by atoms with Gasteiger partial charge in [-0.05, 0) is 31.5 Å². The SMILES string of the molecule is C/C(=C/C(=O)N(C)C1CCNC1)c1ccccc1F. The minimum absolute atomic E-state index is 0.0746. The van der Waals surface area contributed by atoms with Crippen LogP contribution in [0.15, 0.2) is 30.3 Å². The highest BCUT2D eigenvalue weighted by Gasteiger charge is 2.22. The van der Waals surface area contributed by atoms with Gasteiger partial charge in [0.2, 0.25) is 5.91 Å². The molecule has 0 aromatic heterocycles. The van der Waals surface area contributed by atoms with E-state index < -0.39 is 0 Å². The van der Waals surface area contributed by atoms with E-state index in [-0.39, 0.29) is 17.8 Å². The lowest BCUT2D eigenvalue weighted by Gasteiger charge is -2.22. The van der Waals surface area contributed by atoms with Crippen LogP contribution in [0.4, 0.5) is 4.39 Å². The normalized spacial score (nSPS) is 19.5. The number of rotatable bonds is 3. The molecule has 4 heteroatoms. The van der Waals surface area contributed by atoms with Crippen molar-refractivity contribution in [2.24, 2.45) is 0 Å². The molecule has 1 aromatic rings. The van der Waals surface area contributed by atoms with E-state index in [2.05, 4.69) is 5.32 Å². The molecule has 1 fully saturated rings. The molecule has 0 radical (unpaired) electrons. The van der Waals surface area contributed by atoms with Crippen molar-refractivity contribution in [3.63, 3.8) is 0 Å². The maximum atomic E-state index is 13.6. The molecule has 0 spiro atoms. The minimum atomic E-state index is -0.297. The summed E-state index contributed by atoms with van der Waals surface area (Å²) in [5.41, 5.74) is 1.13. The van der Waals surface area contributed by atoms with Crippen molar-refractivity contribution in [1.29, 1.82) is 0 Å². The van der Waals surface area contributed by atoms with Gasteiger partial charge in [0.25, 0.3) is 0 Å². The first kappa shape index (κ1) is 13.7. The Kier molecular flexibility index (Phi) is 4.32. The third-order valence-electron chi connectivity index (χ3n) is 3.57. The topological polar surface area (TPSA) is 32.3 Å². The van der Waals surface area contributed by atoms with E-state index in [1.165, 1.54) is 12.1 Å². The van der Waals surface area contributed by atoms with Crippen LogP contribution in [0.2, 0.25) is 0 Å². The van der Waals surface area contributed by atoms with Crippen LogP contribution in [0.25, 0.3) is 5.57 Å². The van der Waals surface area contributed by atoms with E-state index in [1.54, 1.807) is 37.1 Å². The fourth-order valence-electron chi connectivity index (χ4n) is 2.30. The van der Waals surface area contributed by atoms with Gasteiger partial charge in [0.1, 0.15) is 5.82 Å². The van der Waals surface area contributed by atoms with Gasteiger partial charge in [0.15, 0.2) is 0 Å². The van der Waals surface area contributed by atoms with E-state index in [4.69, 9.17) is 0 Å². The summed E-state index contributed by atoms with van der Waals surface area (Å²) in [6.07, 6.45) is 2.48. The number of carbonyl (C=O) groups is 1. The third-order valence-corrected chi connectivity index (χ3v) is 3.57. The highest BCUT2D eigenvalue weighted by Crippen LogP contribution is 2.18. The highest BCUT2D eigenvalue weighted by molar-refractivity contribution is 5.95. The second-order valence-corrected chi connectivity index (χ2v) is 4.90. The van der Waals surface area contributed by atoms with Crippen LogP contribution in [0.5, 0.6) is 0 Å². The molecule has 1 aromatic carbocycles. The van der Waals surface area contributed by atoms with Gasteiger partial charge < -0.3 is 10.2 Å². The summed E-state index contributed by atoms with van der Waals surface area (Å²) in [4.78, 5) is 13.9. The predicted octanol–water partition coefficient (Wildman–Crippen LogP) is 2.05. The number of hydrogen-bond donors (Lipinski definition) is 1. The van der Waals surface area contributed by atoms with Gasteiger partial charge in [-0.2, -0.15) is 0 Å². The van der Waals surface area contributed by atoms with Crippen molar-refractivity contribution < 1.29 is 9.18 Å². The smallest absolute Gasteiger partial charge is 0.246 e. The molecule has 1 aliphatic rings. The van der Waals surface area contributed by atoms with Crippen LogP contribution in [0.3, 0.4) is 0 Å². The Bertz CT molecular complexity index is 493. The Labute approximate surface area is 113 Å². The van der Waals surface area contributed by atoms with Gasteiger partial charge >= 0.3 is 0 Å². The number of allylic oxidation sites excluding steroid dienone is 1. The van der Waals surface area contributed by atoms with Crippen LogP contribution >= 0.6 is 0 Å². The van der Waals surface area contributed by atoms with E-state index in [0.717, 1.165) is 19.5 Å². The predicted molar refractivity (Wildman–Crippen MR) is 74.1 cm³/mol. The first-order chi connectivity index (χ1) is 9.09. The number of hydrogen-bond acceptors (Lipinski definition) is 2. The molecular weight excluding hydrogens is 243 g/mol. The molecule has 1 N–H and O–H groups in total. The largest absolute Gasteiger partial charge is 0.338 e. The number of halogens is 1. The number of nitrogens with zero attached hydrogens (tertiary/aromatic N) is 1. The molecule has 1 unspecified atom stereocenters. The van der Waals surface area contributed by atoms with Crippen molar-refractivity contribution in [3.8, 4) is 0 Å². The van der Waals surface area contributed by atoms with Crippen LogP contribution < -0.4 is 5.32 Å². The molecule has 1 amide bonds. The van der Waals surface area contributed by atoms with Gasteiger partial charge in [-0.15, -0.1) is 0 Å². The maximum Gasteiger partial charge on any atom is 0.246 e. The Balaban J connectivity index is 2.11. The van der Waals surface area contributed by atoms with Gasteiger partial charge in [-0.25, -0.2) is 4.39 Å². The van der Waals surface area contributed by atoms with Crippen LogP contribution in [0, 0.1) is 5.82 Å². The first-order valence-electron chi connectivity index (χ1n) is 6.50. The standard InChI is InChI=1S/C15H19FN2O/c1-11(13-5-3-4-6-14(13)16)9-15(19)18(2)12-7-8-17-10-12/h3-6,9,12,17H,7-8,10H2,1-2H3/b11-9-. The maximum absolute atomic E-state index is 13.6. The Morgan fingerprint density at radius 1 is 1.47 bits per heavy atom. The number of carbonyl (C=O) groups excluding carboxylic acids is 1. The molecule has 3 nitrogen and oxygen atoms in total. The fourth-order valence-corrected chi connectivity index (χ4v) is 2.30. The van der Waals surface area contributed by atoms with Crippen molar-refractivity contribution in [3.05, 3.63) is 41.7 Å². The Morgan fingerprint density at radius 3 is 2.84 bits per heavy atom. The van der Waals surface area contributed by atoms with Crippen molar-refractivity contribution >= 4 is 11.5 Å². The number of likely N-dealkylation sites (N-methyl/N-ethyl adjacent to an activating group) is 1. The molecule has 2 rings (SSSR count). The number of amides is 1. The lowest BCUT2D eigenvalue weighted by Crippen LogP contribution is -2.37. The lowest BCUT2D eigenvalue weighted by molar-refractivity contribution is -0.126. The van der Waals surface area contributed by atoms with Gasteiger partial charge in [-0.1, -0.05) is 18.2 Å². The second-order valence-electron chi connectivity index (χ2n) is 4.90. The molecule has 0 saturated carbocycles. The summed E-state index contributed by atoms with van der Waals surface area (Å²) in [6.45, 7) is 3.53. The van der Waals surface area contributed by atoms with Crippen molar-refractivity contribution in [2.75, 3.05) is 20.1 Å².